The van der Waals surface area contributed by atoms with Crippen molar-refractivity contribution < 1.29 is 0 Å². The number of hydrogen-bond acceptors (Lipinski definition) is 4. The third-order valence-corrected chi connectivity index (χ3v) is 2.84. The maximum atomic E-state index is 6.10. The predicted molar refractivity (Wildman–Crippen MR) is 74.5 cm³/mol. The number of pyridine rings is 1. The molecule has 0 saturated heterocycles. The summed E-state index contributed by atoms with van der Waals surface area (Å²) in [6.45, 7) is 5.28. The summed E-state index contributed by atoms with van der Waals surface area (Å²) in [5, 5.41) is 3.93. The minimum Gasteiger partial charge on any atom is -0.397 e. The number of nitrogens with zero attached hydrogens (tertiary/aromatic N) is 2. The molecule has 17 heavy (non-hydrogen) atoms. The lowest BCUT2D eigenvalue weighted by molar-refractivity contribution is 0.344. The molecule has 1 heterocycles. The van der Waals surface area contributed by atoms with Crippen LogP contribution in [0.5, 0.6) is 0 Å². The molecule has 0 aromatic carbocycles. The van der Waals surface area contributed by atoms with E-state index in [9.17, 15) is 0 Å². The molecule has 1 unspecified atom stereocenters. The lowest BCUT2D eigenvalue weighted by Gasteiger charge is -2.26. The van der Waals surface area contributed by atoms with E-state index >= 15 is 0 Å². The van der Waals surface area contributed by atoms with Gasteiger partial charge in [0.2, 0.25) is 0 Å². The van der Waals surface area contributed by atoms with Gasteiger partial charge in [-0.1, -0.05) is 25.4 Å². The van der Waals surface area contributed by atoms with Crippen molar-refractivity contribution >= 4 is 23.1 Å². The van der Waals surface area contributed by atoms with Gasteiger partial charge in [0.1, 0.15) is 5.82 Å². The lowest BCUT2D eigenvalue weighted by Crippen LogP contribution is -2.36. The quantitative estimate of drug-likeness (QED) is 0.849. The van der Waals surface area contributed by atoms with Crippen molar-refractivity contribution in [1.82, 2.24) is 9.88 Å². The molecule has 4 nitrogen and oxygen atoms in total. The van der Waals surface area contributed by atoms with Gasteiger partial charge in [-0.05, 0) is 26.1 Å². The molecule has 1 aromatic heterocycles. The van der Waals surface area contributed by atoms with Crippen molar-refractivity contribution in [3.8, 4) is 0 Å². The zero-order valence-electron chi connectivity index (χ0n) is 10.9. The zero-order valence-corrected chi connectivity index (χ0v) is 11.6. The third-order valence-electron chi connectivity index (χ3n) is 2.55. The van der Waals surface area contributed by atoms with Crippen LogP contribution in [0.15, 0.2) is 12.3 Å². The van der Waals surface area contributed by atoms with Gasteiger partial charge < -0.3 is 16.0 Å². The molecule has 0 bridgehead atoms. The highest BCUT2D eigenvalue weighted by Gasteiger charge is 2.16. The van der Waals surface area contributed by atoms with Gasteiger partial charge in [-0.2, -0.15) is 0 Å². The van der Waals surface area contributed by atoms with Crippen molar-refractivity contribution in [3.63, 3.8) is 0 Å². The van der Waals surface area contributed by atoms with Crippen LogP contribution >= 0.6 is 11.6 Å². The first-order chi connectivity index (χ1) is 7.90. The summed E-state index contributed by atoms with van der Waals surface area (Å²) in [5.41, 5.74) is 6.19. The Kier molecular flexibility index (Phi) is 5.02. The number of nitrogens with one attached hydrogen (secondary N) is 1. The normalized spacial score (nSPS) is 13.1. The SMILES string of the molecule is CC(C)C(CN(C)C)Nc1ncc(N)cc1Cl. The average Bonchev–Trinajstić information content (AvgIpc) is 2.19. The van der Waals surface area contributed by atoms with E-state index in [1.807, 2.05) is 0 Å². The maximum Gasteiger partial charge on any atom is 0.145 e. The highest BCUT2D eigenvalue weighted by Crippen LogP contribution is 2.23. The van der Waals surface area contributed by atoms with Crippen LogP contribution in [0.1, 0.15) is 13.8 Å². The van der Waals surface area contributed by atoms with Crippen molar-refractivity contribution in [3.05, 3.63) is 17.3 Å². The first kappa shape index (κ1) is 14.1. The van der Waals surface area contributed by atoms with E-state index in [0.717, 1.165) is 6.54 Å². The Morgan fingerprint density at radius 3 is 2.59 bits per heavy atom. The van der Waals surface area contributed by atoms with Gasteiger partial charge in [0.25, 0.3) is 0 Å². The summed E-state index contributed by atoms with van der Waals surface area (Å²) >= 11 is 6.10. The zero-order chi connectivity index (χ0) is 13.0. The van der Waals surface area contributed by atoms with Crippen molar-refractivity contribution in [1.29, 1.82) is 0 Å². The fourth-order valence-corrected chi connectivity index (χ4v) is 1.78. The van der Waals surface area contributed by atoms with Crippen LogP contribution < -0.4 is 11.1 Å². The van der Waals surface area contributed by atoms with E-state index in [2.05, 4.69) is 43.1 Å². The average molecular weight is 257 g/mol. The first-order valence-electron chi connectivity index (χ1n) is 5.72. The Labute approximate surface area is 108 Å². The van der Waals surface area contributed by atoms with Crippen LogP contribution in [0, 0.1) is 5.92 Å². The van der Waals surface area contributed by atoms with Gasteiger partial charge in [-0.25, -0.2) is 4.98 Å². The second-order valence-corrected chi connectivity index (χ2v) is 5.26. The Morgan fingerprint density at radius 2 is 2.12 bits per heavy atom. The Balaban J connectivity index is 2.78. The summed E-state index contributed by atoms with van der Waals surface area (Å²) in [7, 11) is 4.10. The Bertz CT molecular complexity index is 366. The number of nitrogen functional groups attached to an aromatic ring is 1. The van der Waals surface area contributed by atoms with Crippen LogP contribution in [0.3, 0.4) is 0 Å². The van der Waals surface area contributed by atoms with Crippen LogP contribution in [0.2, 0.25) is 5.02 Å². The Hall–Kier alpha value is -1.00. The molecular weight excluding hydrogens is 236 g/mol. The molecule has 0 aliphatic rings. The largest absolute Gasteiger partial charge is 0.397 e. The van der Waals surface area contributed by atoms with Crippen molar-refractivity contribution in [2.24, 2.45) is 5.92 Å². The molecular formula is C12H21ClN4. The van der Waals surface area contributed by atoms with E-state index in [4.69, 9.17) is 17.3 Å². The van der Waals surface area contributed by atoms with Gasteiger partial charge >= 0.3 is 0 Å². The topological polar surface area (TPSA) is 54.2 Å². The second kappa shape index (κ2) is 6.07. The summed E-state index contributed by atoms with van der Waals surface area (Å²) in [5.74, 6) is 1.19. The molecule has 1 rings (SSSR count). The highest BCUT2D eigenvalue weighted by molar-refractivity contribution is 6.33. The third kappa shape index (κ3) is 4.40. The minimum absolute atomic E-state index is 0.304. The fraction of sp³-hybridized carbons (Fsp3) is 0.583. The molecule has 0 spiro atoms. The van der Waals surface area contributed by atoms with E-state index in [1.165, 1.54) is 0 Å². The molecule has 1 aromatic rings. The predicted octanol–water partition coefficient (Wildman–Crippen LogP) is 2.32. The van der Waals surface area contributed by atoms with Crippen molar-refractivity contribution in [2.75, 3.05) is 31.7 Å². The van der Waals surface area contributed by atoms with Crippen LogP contribution in [-0.2, 0) is 0 Å². The number of hydrogen-bond donors (Lipinski definition) is 2. The van der Waals surface area contributed by atoms with Crippen LogP contribution in [0.25, 0.3) is 0 Å². The monoisotopic (exact) mass is 256 g/mol. The molecule has 3 N–H and O–H groups in total. The molecule has 0 fully saturated rings. The van der Waals surface area contributed by atoms with E-state index < -0.39 is 0 Å². The maximum absolute atomic E-state index is 6.10. The molecule has 96 valence electrons. The van der Waals surface area contributed by atoms with Crippen molar-refractivity contribution in [2.45, 2.75) is 19.9 Å². The fourth-order valence-electron chi connectivity index (χ4n) is 1.55. The number of nitrogens with two attached hydrogens (primary N) is 1. The first-order valence-corrected chi connectivity index (χ1v) is 6.10. The standard InChI is InChI=1S/C12H21ClN4/c1-8(2)11(7-17(3)4)16-12-10(13)5-9(14)6-15-12/h5-6,8,11H,7,14H2,1-4H3,(H,15,16). The number of likely N-dealkylation sites (N-methyl/N-ethyl adjacent to an activating group) is 1. The van der Waals surface area contributed by atoms with E-state index in [0.29, 0.717) is 28.5 Å². The van der Waals surface area contributed by atoms with Gasteiger partial charge in [0.15, 0.2) is 0 Å². The number of aromatic nitrogens is 1. The van der Waals surface area contributed by atoms with Gasteiger partial charge in [0, 0.05) is 12.6 Å². The summed E-state index contributed by atoms with van der Waals surface area (Å²) in [4.78, 5) is 6.36. The molecule has 0 amide bonds. The number of anilines is 2. The lowest BCUT2D eigenvalue weighted by atomic mass is 10.0. The second-order valence-electron chi connectivity index (χ2n) is 4.86. The molecule has 0 aliphatic heterocycles. The van der Waals surface area contributed by atoms with Gasteiger partial charge in [-0.3, -0.25) is 0 Å². The van der Waals surface area contributed by atoms with Crippen LogP contribution in [0.4, 0.5) is 11.5 Å². The summed E-state index contributed by atoms with van der Waals surface area (Å²) < 4.78 is 0. The molecule has 0 saturated carbocycles. The van der Waals surface area contributed by atoms with E-state index in [1.54, 1.807) is 12.3 Å². The smallest absolute Gasteiger partial charge is 0.145 e. The summed E-state index contributed by atoms with van der Waals surface area (Å²) in [6, 6.07) is 2.02. The molecule has 0 aliphatic carbocycles. The molecule has 0 radical (unpaired) electrons. The highest BCUT2D eigenvalue weighted by atomic mass is 35.5. The van der Waals surface area contributed by atoms with Crippen LogP contribution in [-0.4, -0.2) is 36.6 Å². The van der Waals surface area contributed by atoms with Gasteiger partial charge in [0.05, 0.1) is 16.9 Å². The van der Waals surface area contributed by atoms with Gasteiger partial charge in [-0.15, -0.1) is 0 Å². The minimum atomic E-state index is 0.304. The van der Waals surface area contributed by atoms with E-state index in [-0.39, 0.29) is 0 Å². The number of rotatable bonds is 5. The number of halogens is 1. The molecule has 5 heteroatoms. The Morgan fingerprint density at radius 1 is 1.47 bits per heavy atom. The molecule has 1 atom stereocenters. The summed E-state index contributed by atoms with van der Waals surface area (Å²) in [6.07, 6.45) is 1.61.